The van der Waals surface area contributed by atoms with Crippen LogP contribution in [-0.4, -0.2) is 55.5 Å². The molecule has 208 valence electrons. The van der Waals surface area contributed by atoms with Crippen LogP contribution in [0.2, 0.25) is 0 Å². The second kappa shape index (κ2) is 15.7. The molecule has 6 nitrogen and oxygen atoms in total. The number of thiophene rings is 1. The maximum atomic E-state index is 13.6. The Hall–Kier alpha value is -3.58. The van der Waals surface area contributed by atoms with Crippen molar-refractivity contribution in [1.29, 1.82) is 0 Å². The number of ether oxygens (including phenoxy) is 2. The number of carbonyl (C=O) groups is 2. The summed E-state index contributed by atoms with van der Waals surface area (Å²) >= 11 is 1.61. The van der Waals surface area contributed by atoms with Crippen molar-refractivity contribution in [2.24, 2.45) is 0 Å². The Balaban J connectivity index is 1.71. The number of amides is 2. The van der Waals surface area contributed by atoms with Gasteiger partial charge in [-0.25, -0.2) is 0 Å². The van der Waals surface area contributed by atoms with Crippen molar-refractivity contribution < 1.29 is 19.1 Å². The van der Waals surface area contributed by atoms with Gasteiger partial charge < -0.3 is 19.3 Å². The van der Waals surface area contributed by atoms with E-state index in [1.807, 2.05) is 64.9 Å². The van der Waals surface area contributed by atoms with Gasteiger partial charge in [-0.1, -0.05) is 50.1 Å². The number of benzene rings is 2. The summed E-state index contributed by atoms with van der Waals surface area (Å²) in [6.07, 6.45) is 6.84. The molecule has 3 rings (SSSR count). The quantitative estimate of drug-likeness (QED) is 0.154. The Morgan fingerprint density at radius 2 is 1.67 bits per heavy atom. The minimum Gasteiger partial charge on any atom is -0.493 e. The van der Waals surface area contributed by atoms with Gasteiger partial charge in [0, 0.05) is 23.5 Å². The van der Waals surface area contributed by atoms with Crippen molar-refractivity contribution in [3.05, 3.63) is 94.2 Å². The Bertz CT molecular complexity index is 1190. The molecular weight excluding hydrogens is 508 g/mol. The number of hydrogen-bond acceptors (Lipinski definition) is 5. The van der Waals surface area contributed by atoms with Crippen molar-refractivity contribution in [1.82, 2.24) is 9.80 Å². The number of methoxy groups -OCH3 is 2. The summed E-state index contributed by atoms with van der Waals surface area (Å²) in [6.45, 7) is 7.29. The molecule has 0 fully saturated rings. The van der Waals surface area contributed by atoms with Crippen LogP contribution in [0.5, 0.6) is 11.5 Å². The first-order valence-electron chi connectivity index (χ1n) is 13.5. The zero-order valence-corrected chi connectivity index (χ0v) is 24.2. The van der Waals surface area contributed by atoms with Gasteiger partial charge in [-0.2, -0.15) is 0 Å². The molecule has 2 aromatic carbocycles. The summed E-state index contributed by atoms with van der Waals surface area (Å²) in [5, 5.41) is 2.01. The molecule has 2 amide bonds. The van der Waals surface area contributed by atoms with Gasteiger partial charge in [0.2, 0.25) is 5.91 Å². The monoisotopic (exact) mass is 548 g/mol. The number of hydrogen-bond donors (Lipinski definition) is 0. The van der Waals surface area contributed by atoms with Gasteiger partial charge in [0.1, 0.15) is 6.54 Å². The smallest absolute Gasteiger partial charge is 0.254 e. The predicted octanol–water partition coefficient (Wildman–Crippen LogP) is 6.40. The normalized spacial score (nSPS) is 10.6. The molecule has 0 saturated heterocycles. The SMILES string of the molecule is C=CCN(CC(=O)N(CCc1ccc(OC)c(OC)c1)Cc1cccs1)C(=O)c1ccc(CCCCC)cc1. The van der Waals surface area contributed by atoms with E-state index in [-0.39, 0.29) is 18.4 Å². The fourth-order valence-corrected chi connectivity index (χ4v) is 5.12. The second-order valence-corrected chi connectivity index (χ2v) is 10.5. The van der Waals surface area contributed by atoms with E-state index in [0.29, 0.717) is 43.1 Å². The molecule has 0 N–H and O–H groups in total. The molecule has 0 bridgehead atoms. The highest BCUT2D eigenvalue weighted by Gasteiger charge is 2.22. The molecule has 0 radical (unpaired) electrons. The Labute approximate surface area is 236 Å². The van der Waals surface area contributed by atoms with E-state index in [0.717, 1.165) is 23.3 Å². The largest absolute Gasteiger partial charge is 0.493 e. The van der Waals surface area contributed by atoms with Crippen molar-refractivity contribution in [2.45, 2.75) is 45.6 Å². The molecule has 7 heteroatoms. The van der Waals surface area contributed by atoms with Gasteiger partial charge in [0.15, 0.2) is 11.5 Å². The predicted molar refractivity (Wildman–Crippen MR) is 159 cm³/mol. The van der Waals surface area contributed by atoms with Crippen LogP contribution in [-0.2, 0) is 24.2 Å². The van der Waals surface area contributed by atoms with Gasteiger partial charge in [0.05, 0.1) is 20.8 Å². The van der Waals surface area contributed by atoms with E-state index < -0.39 is 0 Å². The topological polar surface area (TPSA) is 59.1 Å². The third-order valence-electron chi connectivity index (χ3n) is 6.63. The number of unbranched alkanes of at least 4 members (excludes halogenated alkanes) is 2. The van der Waals surface area contributed by atoms with Gasteiger partial charge in [-0.3, -0.25) is 9.59 Å². The number of nitrogens with zero attached hydrogens (tertiary/aromatic N) is 2. The molecule has 0 atom stereocenters. The molecule has 0 aliphatic carbocycles. The van der Waals surface area contributed by atoms with Crippen LogP contribution in [0.4, 0.5) is 0 Å². The fourth-order valence-electron chi connectivity index (χ4n) is 4.40. The lowest BCUT2D eigenvalue weighted by Crippen LogP contribution is -2.43. The highest BCUT2D eigenvalue weighted by molar-refractivity contribution is 7.09. The van der Waals surface area contributed by atoms with Crippen LogP contribution in [0.15, 0.2) is 72.6 Å². The van der Waals surface area contributed by atoms with Crippen molar-refractivity contribution >= 4 is 23.2 Å². The second-order valence-electron chi connectivity index (χ2n) is 9.46. The van der Waals surface area contributed by atoms with Crippen LogP contribution in [0.3, 0.4) is 0 Å². The molecular formula is C32H40N2O4S. The summed E-state index contributed by atoms with van der Waals surface area (Å²) < 4.78 is 10.8. The van der Waals surface area contributed by atoms with Crippen LogP contribution in [0.25, 0.3) is 0 Å². The average molecular weight is 549 g/mol. The minimum absolute atomic E-state index is 0.0135. The maximum absolute atomic E-state index is 13.6. The Morgan fingerprint density at radius 3 is 2.31 bits per heavy atom. The summed E-state index contributed by atoms with van der Waals surface area (Å²) in [7, 11) is 3.22. The van der Waals surface area contributed by atoms with Gasteiger partial charge in [0.25, 0.3) is 5.91 Å². The van der Waals surface area contributed by atoms with E-state index in [1.54, 1.807) is 36.5 Å². The molecule has 0 unspecified atom stereocenters. The molecule has 0 saturated carbocycles. The first-order valence-corrected chi connectivity index (χ1v) is 14.4. The number of aryl methyl sites for hydroxylation is 1. The summed E-state index contributed by atoms with van der Waals surface area (Å²) in [5.74, 6) is 1.06. The zero-order valence-electron chi connectivity index (χ0n) is 23.4. The summed E-state index contributed by atoms with van der Waals surface area (Å²) in [4.78, 5) is 31.5. The first-order chi connectivity index (χ1) is 19.0. The third kappa shape index (κ3) is 8.99. The lowest BCUT2D eigenvalue weighted by atomic mass is 10.0. The molecule has 0 spiro atoms. The van der Waals surface area contributed by atoms with Crippen LogP contribution >= 0.6 is 11.3 Å². The zero-order chi connectivity index (χ0) is 28.0. The summed E-state index contributed by atoms with van der Waals surface area (Å²) in [5.41, 5.74) is 2.84. The van der Waals surface area contributed by atoms with E-state index in [9.17, 15) is 9.59 Å². The van der Waals surface area contributed by atoms with Crippen LogP contribution < -0.4 is 9.47 Å². The van der Waals surface area contributed by atoms with E-state index in [4.69, 9.17) is 9.47 Å². The van der Waals surface area contributed by atoms with Crippen LogP contribution in [0.1, 0.15) is 52.5 Å². The van der Waals surface area contributed by atoms with E-state index in [1.165, 1.54) is 18.4 Å². The van der Waals surface area contributed by atoms with Gasteiger partial charge in [-0.15, -0.1) is 17.9 Å². The highest BCUT2D eigenvalue weighted by atomic mass is 32.1. The molecule has 0 aliphatic heterocycles. The molecule has 0 aliphatic rings. The standard InChI is InChI=1S/C32H40N2O4S/c1-5-7-8-10-25-12-15-27(16-13-25)32(36)34(19-6-2)24-31(35)33(23-28-11-9-21-39-28)20-18-26-14-17-29(37-3)30(22-26)38-4/h6,9,11-17,21-22H,2,5,7-8,10,18-20,23-24H2,1,3-4H3. The molecule has 3 aromatic rings. The molecule has 1 heterocycles. The van der Waals surface area contributed by atoms with Crippen molar-refractivity contribution in [3.8, 4) is 11.5 Å². The lowest BCUT2D eigenvalue weighted by Gasteiger charge is -2.27. The fraction of sp³-hybridized carbons (Fsp3) is 0.375. The van der Waals surface area contributed by atoms with E-state index >= 15 is 0 Å². The third-order valence-corrected chi connectivity index (χ3v) is 7.49. The summed E-state index contributed by atoms with van der Waals surface area (Å²) in [6, 6.07) is 17.6. The number of carbonyl (C=O) groups excluding carboxylic acids is 2. The lowest BCUT2D eigenvalue weighted by molar-refractivity contribution is -0.132. The number of rotatable bonds is 16. The maximum Gasteiger partial charge on any atom is 0.254 e. The molecule has 39 heavy (non-hydrogen) atoms. The average Bonchev–Trinajstić information content (AvgIpc) is 3.48. The highest BCUT2D eigenvalue weighted by Crippen LogP contribution is 2.28. The first kappa shape index (κ1) is 30.0. The van der Waals surface area contributed by atoms with Crippen molar-refractivity contribution in [3.63, 3.8) is 0 Å². The Kier molecular flexibility index (Phi) is 12.1. The van der Waals surface area contributed by atoms with Gasteiger partial charge >= 0.3 is 0 Å². The van der Waals surface area contributed by atoms with E-state index in [2.05, 4.69) is 13.5 Å². The van der Waals surface area contributed by atoms with Crippen molar-refractivity contribution in [2.75, 3.05) is 33.9 Å². The Morgan fingerprint density at radius 1 is 0.923 bits per heavy atom. The van der Waals surface area contributed by atoms with Gasteiger partial charge in [-0.05, 0) is 66.1 Å². The minimum atomic E-state index is -0.167. The molecule has 1 aromatic heterocycles. The van der Waals surface area contributed by atoms with Crippen LogP contribution in [0, 0.1) is 0 Å².